The zero-order valence-electron chi connectivity index (χ0n) is 16.6. The Morgan fingerprint density at radius 1 is 1.24 bits per heavy atom. The summed E-state index contributed by atoms with van der Waals surface area (Å²) in [5.74, 6) is -0.126. The van der Waals surface area contributed by atoms with Gasteiger partial charge in [0.25, 0.3) is 0 Å². The van der Waals surface area contributed by atoms with Gasteiger partial charge in [-0.15, -0.1) is 0 Å². The van der Waals surface area contributed by atoms with Gasteiger partial charge in [0.15, 0.2) is 5.78 Å². The van der Waals surface area contributed by atoms with Gasteiger partial charge in [0, 0.05) is 24.0 Å². The standard InChI is InChI=1S/C23H21N3O3/c1-12-10-22(2,3)26-19-13(12)6-4-7-14(19)23(21(26)28)15(11-24)20(25)29-17-9-5-8-16(27)18(17)23/h4,6-7,10H,5,8-9,25H2,1-3H3/t23-/m1/s1. The van der Waals surface area contributed by atoms with Crippen LogP contribution in [0.25, 0.3) is 5.57 Å². The summed E-state index contributed by atoms with van der Waals surface area (Å²) in [5, 5.41) is 10.0. The van der Waals surface area contributed by atoms with Crippen molar-refractivity contribution in [2.75, 3.05) is 4.90 Å². The van der Waals surface area contributed by atoms with Crippen LogP contribution in [-0.4, -0.2) is 17.2 Å². The fourth-order valence-corrected chi connectivity index (χ4v) is 5.46. The lowest BCUT2D eigenvalue weighted by atomic mass is 9.65. The number of anilines is 1. The molecule has 1 aliphatic carbocycles. The molecule has 1 atom stereocenters. The Balaban J connectivity index is 1.95. The molecule has 1 aromatic carbocycles. The second-order valence-electron chi connectivity index (χ2n) is 8.60. The fourth-order valence-electron chi connectivity index (χ4n) is 5.46. The Hall–Kier alpha value is -3.33. The van der Waals surface area contributed by atoms with Crippen LogP contribution in [0.15, 0.2) is 47.1 Å². The molecule has 0 fully saturated rings. The van der Waals surface area contributed by atoms with Crippen LogP contribution in [0.3, 0.4) is 0 Å². The summed E-state index contributed by atoms with van der Waals surface area (Å²) in [5.41, 5.74) is 7.69. The molecule has 0 radical (unpaired) electrons. The number of carbonyl (C=O) groups is 2. The number of hydrogen-bond acceptors (Lipinski definition) is 5. The van der Waals surface area contributed by atoms with Crippen LogP contribution in [0.1, 0.15) is 51.2 Å². The first kappa shape index (κ1) is 17.7. The van der Waals surface area contributed by atoms with E-state index < -0.39 is 11.0 Å². The van der Waals surface area contributed by atoms with E-state index >= 15 is 0 Å². The molecule has 0 unspecified atom stereocenters. The SMILES string of the molecule is CC1=CC(C)(C)N2C(=O)[C@@]3(C(C#N)=C(N)OC4=C3C(=O)CCC4)c3cccc1c32. The first-order valence-corrected chi connectivity index (χ1v) is 9.78. The highest BCUT2D eigenvalue weighted by atomic mass is 16.5. The molecule has 29 heavy (non-hydrogen) atoms. The van der Waals surface area contributed by atoms with Crippen molar-refractivity contribution in [1.82, 2.24) is 0 Å². The van der Waals surface area contributed by atoms with Gasteiger partial charge in [0.1, 0.15) is 22.8 Å². The van der Waals surface area contributed by atoms with Gasteiger partial charge in [0.2, 0.25) is 11.8 Å². The first-order valence-electron chi connectivity index (χ1n) is 9.78. The van der Waals surface area contributed by atoms with E-state index in [1.807, 2.05) is 45.0 Å². The molecule has 1 aromatic rings. The van der Waals surface area contributed by atoms with Gasteiger partial charge in [-0.1, -0.05) is 24.3 Å². The summed E-state index contributed by atoms with van der Waals surface area (Å²) in [6.07, 6.45) is 3.53. The zero-order valence-corrected chi connectivity index (χ0v) is 16.6. The van der Waals surface area contributed by atoms with Crippen molar-refractivity contribution in [3.8, 4) is 6.07 Å². The van der Waals surface area contributed by atoms with E-state index in [1.54, 1.807) is 4.90 Å². The molecular formula is C23H21N3O3. The number of carbonyl (C=O) groups excluding carboxylic acids is 2. The van der Waals surface area contributed by atoms with Crippen molar-refractivity contribution in [2.24, 2.45) is 5.73 Å². The fraction of sp³-hybridized carbons (Fsp3) is 0.348. The number of nitriles is 1. The average molecular weight is 387 g/mol. The molecular weight excluding hydrogens is 366 g/mol. The third kappa shape index (κ3) is 1.90. The topological polar surface area (TPSA) is 96.4 Å². The number of allylic oxidation sites excluding steroid dienone is 2. The highest BCUT2D eigenvalue weighted by Gasteiger charge is 2.64. The Morgan fingerprint density at radius 2 is 2.00 bits per heavy atom. The summed E-state index contributed by atoms with van der Waals surface area (Å²) in [6, 6.07) is 7.79. The Bertz CT molecular complexity index is 1160. The normalized spacial score (nSPS) is 26.8. The second kappa shape index (κ2) is 5.38. The van der Waals surface area contributed by atoms with Crippen LogP contribution < -0.4 is 10.6 Å². The Kier molecular flexibility index (Phi) is 3.29. The number of rotatable bonds is 0. The molecule has 0 saturated heterocycles. The molecule has 0 saturated carbocycles. The van der Waals surface area contributed by atoms with E-state index in [2.05, 4.69) is 6.07 Å². The molecule has 1 amide bonds. The highest BCUT2D eigenvalue weighted by Crippen LogP contribution is 2.59. The third-order valence-corrected chi connectivity index (χ3v) is 6.47. The summed E-state index contributed by atoms with van der Waals surface area (Å²) in [6.45, 7) is 5.94. The molecule has 3 aliphatic heterocycles. The van der Waals surface area contributed by atoms with Crippen molar-refractivity contribution in [3.05, 3.63) is 58.2 Å². The van der Waals surface area contributed by atoms with E-state index in [0.717, 1.165) is 16.8 Å². The van der Waals surface area contributed by atoms with Crippen LogP contribution >= 0.6 is 0 Å². The van der Waals surface area contributed by atoms with Gasteiger partial charge in [0.05, 0.1) is 16.8 Å². The lowest BCUT2D eigenvalue weighted by Crippen LogP contribution is -2.54. The lowest BCUT2D eigenvalue weighted by Gasteiger charge is -2.41. The smallest absolute Gasteiger partial charge is 0.248 e. The molecule has 5 rings (SSSR count). The predicted molar refractivity (Wildman–Crippen MR) is 107 cm³/mol. The minimum Gasteiger partial charge on any atom is -0.444 e. The highest BCUT2D eigenvalue weighted by molar-refractivity contribution is 6.22. The molecule has 146 valence electrons. The van der Waals surface area contributed by atoms with E-state index in [9.17, 15) is 14.9 Å². The Morgan fingerprint density at radius 3 is 2.72 bits per heavy atom. The number of para-hydroxylation sites is 1. The molecule has 1 spiro atoms. The quantitative estimate of drug-likeness (QED) is 0.737. The number of hydrogen-bond donors (Lipinski definition) is 1. The van der Waals surface area contributed by atoms with Crippen molar-refractivity contribution >= 4 is 23.0 Å². The molecule has 0 bridgehead atoms. The molecule has 0 aromatic heterocycles. The predicted octanol–water partition coefficient (Wildman–Crippen LogP) is 3.20. The molecule has 4 aliphatic rings. The Labute approximate surface area is 168 Å². The van der Waals surface area contributed by atoms with Crippen molar-refractivity contribution in [1.29, 1.82) is 5.26 Å². The van der Waals surface area contributed by atoms with Crippen LogP contribution in [0.2, 0.25) is 0 Å². The number of ketones is 1. The number of ether oxygens (including phenoxy) is 1. The second-order valence-corrected chi connectivity index (χ2v) is 8.60. The third-order valence-electron chi connectivity index (χ3n) is 6.47. The van der Waals surface area contributed by atoms with Gasteiger partial charge < -0.3 is 15.4 Å². The van der Waals surface area contributed by atoms with E-state index in [1.165, 1.54) is 0 Å². The van der Waals surface area contributed by atoms with E-state index in [4.69, 9.17) is 10.5 Å². The van der Waals surface area contributed by atoms with Gasteiger partial charge in [-0.3, -0.25) is 9.59 Å². The van der Waals surface area contributed by atoms with Gasteiger partial charge in [-0.2, -0.15) is 5.26 Å². The van der Waals surface area contributed by atoms with Crippen molar-refractivity contribution in [2.45, 2.75) is 51.0 Å². The van der Waals surface area contributed by atoms with Gasteiger partial charge in [-0.05, 0) is 32.8 Å². The van der Waals surface area contributed by atoms with Crippen LogP contribution in [-0.2, 0) is 19.7 Å². The molecule has 6 nitrogen and oxygen atoms in total. The minimum atomic E-state index is -1.54. The number of nitrogens with zero attached hydrogens (tertiary/aromatic N) is 2. The van der Waals surface area contributed by atoms with Crippen LogP contribution in [0, 0.1) is 11.3 Å². The number of nitrogens with two attached hydrogens (primary N) is 1. The number of Topliss-reactive ketones (excluding diaryl/α,β-unsaturated/α-hetero) is 1. The van der Waals surface area contributed by atoms with Gasteiger partial charge in [-0.25, -0.2) is 0 Å². The minimum absolute atomic E-state index is 0.00718. The number of benzene rings is 1. The average Bonchev–Trinajstić information content (AvgIpc) is 2.91. The first-order chi connectivity index (χ1) is 13.7. The van der Waals surface area contributed by atoms with Crippen LogP contribution in [0.5, 0.6) is 0 Å². The summed E-state index contributed by atoms with van der Waals surface area (Å²) < 4.78 is 5.71. The summed E-state index contributed by atoms with van der Waals surface area (Å²) in [4.78, 5) is 29.1. The van der Waals surface area contributed by atoms with Crippen molar-refractivity contribution < 1.29 is 14.3 Å². The monoisotopic (exact) mass is 387 g/mol. The van der Waals surface area contributed by atoms with E-state index in [0.29, 0.717) is 30.6 Å². The lowest BCUT2D eigenvalue weighted by molar-refractivity contribution is -0.125. The van der Waals surface area contributed by atoms with E-state index in [-0.39, 0.29) is 28.7 Å². The largest absolute Gasteiger partial charge is 0.444 e. The van der Waals surface area contributed by atoms with Gasteiger partial charge >= 0.3 is 0 Å². The summed E-state index contributed by atoms with van der Waals surface area (Å²) >= 11 is 0. The molecule has 2 N–H and O–H groups in total. The summed E-state index contributed by atoms with van der Waals surface area (Å²) in [7, 11) is 0. The maximum Gasteiger partial charge on any atom is 0.248 e. The molecule has 6 heteroatoms. The maximum atomic E-state index is 14.2. The number of amides is 1. The maximum absolute atomic E-state index is 14.2. The number of fused-ring (bicyclic) bond motifs is 2. The van der Waals surface area contributed by atoms with Crippen LogP contribution in [0.4, 0.5) is 5.69 Å². The zero-order chi connectivity index (χ0) is 20.7. The molecule has 3 heterocycles. The van der Waals surface area contributed by atoms with Crippen molar-refractivity contribution in [3.63, 3.8) is 0 Å².